The summed E-state index contributed by atoms with van der Waals surface area (Å²) in [5, 5.41) is 0. The number of hydrogen-bond acceptors (Lipinski definition) is 3. The highest BCUT2D eigenvalue weighted by molar-refractivity contribution is 5.95. The van der Waals surface area contributed by atoms with E-state index in [9.17, 15) is 22.4 Å². The van der Waals surface area contributed by atoms with Crippen molar-refractivity contribution in [3.05, 3.63) is 29.8 Å². The van der Waals surface area contributed by atoms with Gasteiger partial charge in [-0.05, 0) is 6.07 Å². The first-order valence-electron chi connectivity index (χ1n) is 4.67. The molecule has 0 saturated carbocycles. The predicted octanol–water partition coefficient (Wildman–Crippen LogP) is 2.37. The van der Waals surface area contributed by atoms with Gasteiger partial charge in [-0.2, -0.15) is 13.2 Å². The monoisotopic (exact) mass is 251 g/mol. The largest absolute Gasteiger partial charge is 0.411 e. The normalized spacial score (nSPS) is 11.5. The first kappa shape index (κ1) is 13.6. The number of alkyl halides is 3. The number of carbonyl (C=O) groups is 1. The van der Waals surface area contributed by atoms with Crippen LogP contribution in [0.5, 0.6) is 0 Å². The van der Waals surface area contributed by atoms with E-state index in [2.05, 4.69) is 9.72 Å². The van der Waals surface area contributed by atoms with E-state index in [4.69, 9.17) is 0 Å². The predicted molar refractivity (Wildman–Crippen MR) is 50.0 cm³/mol. The summed E-state index contributed by atoms with van der Waals surface area (Å²) < 4.78 is 52.0. The summed E-state index contributed by atoms with van der Waals surface area (Å²) in [6, 6.07) is 0.971. The minimum Gasteiger partial charge on any atom is -0.372 e. The van der Waals surface area contributed by atoms with Gasteiger partial charge in [-0.25, -0.2) is 4.39 Å². The average Bonchev–Trinajstić information content (AvgIpc) is 2.23. The molecule has 0 aliphatic heterocycles. The summed E-state index contributed by atoms with van der Waals surface area (Å²) in [4.78, 5) is 14.8. The van der Waals surface area contributed by atoms with Crippen molar-refractivity contribution in [1.29, 1.82) is 0 Å². The molecule has 3 nitrogen and oxygen atoms in total. The van der Waals surface area contributed by atoms with Gasteiger partial charge in [0.05, 0.1) is 12.8 Å². The molecule has 1 rings (SSSR count). The molecule has 0 unspecified atom stereocenters. The molecule has 0 fully saturated rings. The highest BCUT2D eigenvalue weighted by Gasteiger charge is 2.27. The Morgan fingerprint density at radius 2 is 2.06 bits per heavy atom. The van der Waals surface area contributed by atoms with Gasteiger partial charge in [0.15, 0.2) is 5.78 Å². The molecule has 0 N–H and O–H groups in total. The Morgan fingerprint density at radius 1 is 1.35 bits per heavy atom. The molecule has 94 valence electrons. The number of ketones is 1. The van der Waals surface area contributed by atoms with Gasteiger partial charge in [0, 0.05) is 18.2 Å². The third-order valence-electron chi connectivity index (χ3n) is 1.77. The molecule has 7 heteroatoms. The van der Waals surface area contributed by atoms with Gasteiger partial charge in [-0.15, -0.1) is 0 Å². The maximum absolute atomic E-state index is 12.7. The second-order valence-corrected chi connectivity index (χ2v) is 3.23. The first-order chi connectivity index (χ1) is 7.88. The summed E-state index contributed by atoms with van der Waals surface area (Å²) in [5.41, 5.74) is 0.0145. The van der Waals surface area contributed by atoms with Crippen LogP contribution in [0.4, 0.5) is 17.6 Å². The topological polar surface area (TPSA) is 39.2 Å². The smallest absolute Gasteiger partial charge is 0.372 e. The molecule has 1 aromatic heterocycles. The molecule has 0 aromatic carbocycles. The third-order valence-corrected chi connectivity index (χ3v) is 1.77. The molecule has 0 spiro atoms. The van der Waals surface area contributed by atoms with Crippen LogP contribution in [0, 0.1) is 5.82 Å². The van der Waals surface area contributed by atoms with Crippen LogP contribution in [-0.2, 0) is 4.74 Å². The van der Waals surface area contributed by atoms with Gasteiger partial charge in [0.2, 0.25) is 0 Å². The van der Waals surface area contributed by atoms with Crippen molar-refractivity contribution in [2.24, 2.45) is 0 Å². The SMILES string of the molecule is O=C(CCOCC(F)(F)F)c1cncc(F)c1. The van der Waals surface area contributed by atoms with Crippen LogP contribution in [-0.4, -0.2) is 30.2 Å². The van der Waals surface area contributed by atoms with Crippen molar-refractivity contribution in [3.63, 3.8) is 0 Å². The minimum atomic E-state index is -4.41. The summed E-state index contributed by atoms with van der Waals surface area (Å²) in [5.74, 6) is -1.19. The summed E-state index contributed by atoms with van der Waals surface area (Å²) in [7, 11) is 0. The van der Waals surface area contributed by atoms with E-state index in [0.717, 1.165) is 18.5 Å². The van der Waals surface area contributed by atoms with Crippen molar-refractivity contribution in [2.45, 2.75) is 12.6 Å². The number of rotatable bonds is 5. The van der Waals surface area contributed by atoms with Gasteiger partial charge < -0.3 is 4.74 Å². The Kier molecular flexibility index (Phi) is 4.56. The zero-order chi connectivity index (χ0) is 12.9. The van der Waals surface area contributed by atoms with E-state index >= 15 is 0 Å². The van der Waals surface area contributed by atoms with E-state index in [1.54, 1.807) is 0 Å². The van der Waals surface area contributed by atoms with Crippen molar-refractivity contribution in [2.75, 3.05) is 13.2 Å². The van der Waals surface area contributed by atoms with Crippen LogP contribution in [0.1, 0.15) is 16.8 Å². The number of hydrogen-bond donors (Lipinski definition) is 0. The van der Waals surface area contributed by atoms with Crippen LogP contribution in [0.15, 0.2) is 18.5 Å². The summed E-state index contributed by atoms with van der Waals surface area (Å²) in [6.45, 7) is -1.77. The van der Waals surface area contributed by atoms with Gasteiger partial charge in [-0.3, -0.25) is 9.78 Å². The minimum absolute atomic E-state index is 0.0145. The van der Waals surface area contributed by atoms with Crippen LogP contribution < -0.4 is 0 Å². The molecule has 0 bridgehead atoms. The Balaban J connectivity index is 2.36. The molecule has 0 radical (unpaired) electrons. The standard InChI is InChI=1S/C10H9F4NO2/c11-8-3-7(4-15-5-8)9(16)1-2-17-6-10(12,13)14/h3-5H,1-2,6H2. The van der Waals surface area contributed by atoms with Gasteiger partial charge in [0.25, 0.3) is 0 Å². The van der Waals surface area contributed by atoms with E-state index in [1.807, 2.05) is 0 Å². The second kappa shape index (κ2) is 5.72. The fraction of sp³-hybridized carbons (Fsp3) is 0.400. The van der Waals surface area contributed by atoms with Crippen molar-refractivity contribution < 1.29 is 27.1 Å². The number of Topliss-reactive ketones (excluding diaryl/α,β-unsaturated/α-hetero) is 1. The lowest BCUT2D eigenvalue weighted by molar-refractivity contribution is -0.173. The Bertz CT molecular complexity index is 392. The lowest BCUT2D eigenvalue weighted by Gasteiger charge is -2.06. The van der Waals surface area contributed by atoms with Crippen molar-refractivity contribution >= 4 is 5.78 Å². The Labute approximate surface area is 94.4 Å². The fourth-order valence-electron chi connectivity index (χ4n) is 1.06. The fourth-order valence-corrected chi connectivity index (χ4v) is 1.06. The second-order valence-electron chi connectivity index (χ2n) is 3.23. The quantitative estimate of drug-likeness (QED) is 0.458. The van der Waals surface area contributed by atoms with Crippen LogP contribution in [0.2, 0.25) is 0 Å². The molecule has 0 amide bonds. The van der Waals surface area contributed by atoms with Crippen LogP contribution in [0.3, 0.4) is 0 Å². The highest BCUT2D eigenvalue weighted by Crippen LogP contribution is 2.14. The summed E-state index contributed by atoms with van der Waals surface area (Å²) in [6.07, 6.45) is -2.59. The van der Waals surface area contributed by atoms with Gasteiger partial charge >= 0.3 is 6.18 Å². The van der Waals surface area contributed by atoms with E-state index in [1.165, 1.54) is 0 Å². The van der Waals surface area contributed by atoms with Crippen LogP contribution in [0.25, 0.3) is 0 Å². The molecule has 0 aliphatic rings. The van der Waals surface area contributed by atoms with Gasteiger partial charge in [-0.1, -0.05) is 0 Å². The molecule has 0 saturated heterocycles. The third kappa shape index (κ3) is 5.39. The summed E-state index contributed by atoms with van der Waals surface area (Å²) >= 11 is 0. The maximum atomic E-state index is 12.7. The lowest BCUT2D eigenvalue weighted by atomic mass is 10.1. The number of nitrogens with zero attached hydrogens (tertiary/aromatic N) is 1. The maximum Gasteiger partial charge on any atom is 0.411 e. The number of carbonyl (C=O) groups excluding carboxylic acids is 1. The zero-order valence-electron chi connectivity index (χ0n) is 8.63. The van der Waals surface area contributed by atoms with E-state index < -0.39 is 24.4 Å². The number of aromatic nitrogens is 1. The molecule has 0 atom stereocenters. The number of halogens is 4. The van der Waals surface area contributed by atoms with Crippen molar-refractivity contribution in [1.82, 2.24) is 4.98 Å². The van der Waals surface area contributed by atoms with Gasteiger partial charge in [0.1, 0.15) is 12.4 Å². The van der Waals surface area contributed by atoms with Crippen LogP contribution >= 0.6 is 0 Å². The zero-order valence-corrected chi connectivity index (χ0v) is 8.63. The van der Waals surface area contributed by atoms with E-state index in [0.29, 0.717) is 0 Å². The molecular formula is C10H9F4NO2. The van der Waals surface area contributed by atoms with Crippen molar-refractivity contribution in [3.8, 4) is 0 Å². The number of pyridine rings is 1. The average molecular weight is 251 g/mol. The molecule has 1 heterocycles. The highest BCUT2D eigenvalue weighted by atomic mass is 19.4. The first-order valence-corrected chi connectivity index (χ1v) is 4.67. The Hall–Kier alpha value is -1.50. The molecular weight excluding hydrogens is 242 g/mol. The molecule has 1 aromatic rings. The Morgan fingerprint density at radius 3 is 2.65 bits per heavy atom. The van der Waals surface area contributed by atoms with E-state index in [-0.39, 0.29) is 18.6 Å². The molecule has 17 heavy (non-hydrogen) atoms. The lowest BCUT2D eigenvalue weighted by Crippen LogP contribution is -2.18. The number of ether oxygens (including phenoxy) is 1. The molecule has 0 aliphatic carbocycles.